The maximum Gasteiger partial charge on any atom is 0.243 e. The third-order valence-electron chi connectivity index (χ3n) is 4.62. The minimum atomic E-state index is -3.86. The Morgan fingerprint density at radius 1 is 0.900 bits per heavy atom. The molecule has 0 saturated carbocycles. The quantitative estimate of drug-likeness (QED) is 0.495. The molecular formula is C23H23BrN2O3S. The SMILES string of the molecule is CCc1ccc(NC(=O)CN(Cc2ccccc2)S(=O)(=O)c2ccc(Br)cc2)cc1. The molecule has 5 nitrogen and oxygen atoms in total. The monoisotopic (exact) mass is 486 g/mol. The van der Waals surface area contributed by atoms with Crippen LogP contribution < -0.4 is 5.32 Å². The van der Waals surface area contributed by atoms with Crippen molar-refractivity contribution in [3.63, 3.8) is 0 Å². The highest BCUT2D eigenvalue weighted by atomic mass is 79.9. The minimum absolute atomic E-state index is 0.0986. The Morgan fingerprint density at radius 3 is 2.13 bits per heavy atom. The molecule has 0 aliphatic heterocycles. The Kier molecular flexibility index (Phi) is 7.42. The maximum absolute atomic E-state index is 13.3. The number of sulfonamides is 1. The predicted molar refractivity (Wildman–Crippen MR) is 123 cm³/mol. The third kappa shape index (κ3) is 5.78. The highest BCUT2D eigenvalue weighted by Crippen LogP contribution is 2.21. The number of carbonyl (C=O) groups is 1. The number of nitrogens with one attached hydrogen (secondary N) is 1. The number of hydrogen-bond acceptors (Lipinski definition) is 3. The summed E-state index contributed by atoms with van der Waals surface area (Å²) >= 11 is 3.32. The molecule has 1 N–H and O–H groups in total. The highest BCUT2D eigenvalue weighted by Gasteiger charge is 2.27. The van der Waals surface area contributed by atoms with Gasteiger partial charge in [0.2, 0.25) is 15.9 Å². The second kappa shape index (κ2) is 10.0. The van der Waals surface area contributed by atoms with Gasteiger partial charge in [0.25, 0.3) is 0 Å². The van der Waals surface area contributed by atoms with Crippen molar-refractivity contribution in [3.8, 4) is 0 Å². The van der Waals surface area contributed by atoms with Crippen LogP contribution in [0.2, 0.25) is 0 Å². The number of carbonyl (C=O) groups excluding carboxylic acids is 1. The lowest BCUT2D eigenvalue weighted by Crippen LogP contribution is -2.37. The Balaban J connectivity index is 1.83. The van der Waals surface area contributed by atoms with Gasteiger partial charge >= 0.3 is 0 Å². The largest absolute Gasteiger partial charge is 0.325 e. The predicted octanol–water partition coefficient (Wildman–Crippen LogP) is 4.84. The van der Waals surface area contributed by atoms with Gasteiger partial charge in [-0.1, -0.05) is 65.3 Å². The first kappa shape index (κ1) is 22.2. The van der Waals surface area contributed by atoms with Crippen LogP contribution in [-0.4, -0.2) is 25.2 Å². The molecule has 3 rings (SSSR count). The van der Waals surface area contributed by atoms with Gasteiger partial charge in [0.1, 0.15) is 0 Å². The number of halogens is 1. The molecule has 0 aliphatic carbocycles. The van der Waals surface area contributed by atoms with E-state index < -0.39 is 15.9 Å². The maximum atomic E-state index is 13.3. The lowest BCUT2D eigenvalue weighted by atomic mass is 10.1. The first-order valence-electron chi connectivity index (χ1n) is 9.57. The van der Waals surface area contributed by atoms with Crippen molar-refractivity contribution in [3.05, 3.63) is 94.5 Å². The Morgan fingerprint density at radius 2 is 1.53 bits per heavy atom. The van der Waals surface area contributed by atoms with E-state index in [4.69, 9.17) is 0 Å². The summed E-state index contributed by atoms with van der Waals surface area (Å²) in [5.74, 6) is -0.393. The molecule has 0 atom stereocenters. The third-order valence-corrected chi connectivity index (χ3v) is 6.95. The summed E-state index contributed by atoms with van der Waals surface area (Å²) in [6.45, 7) is 1.87. The van der Waals surface area contributed by atoms with E-state index in [1.807, 2.05) is 54.6 Å². The second-order valence-electron chi connectivity index (χ2n) is 6.81. The first-order chi connectivity index (χ1) is 14.4. The van der Waals surface area contributed by atoms with Crippen molar-refractivity contribution in [2.75, 3.05) is 11.9 Å². The van der Waals surface area contributed by atoms with E-state index in [9.17, 15) is 13.2 Å². The van der Waals surface area contributed by atoms with Gasteiger partial charge in [0.15, 0.2) is 0 Å². The first-order valence-corrected chi connectivity index (χ1v) is 11.8. The topological polar surface area (TPSA) is 66.5 Å². The normalized spacial score (nSPS) is 11.4. The van der Waals surface area contributed by atoms with Crippen LogP contribution >= 0.6 is 15.9 Å². The molecule has 3 aromatic carbocycles. The Labute approximate surface area is 185 Å². The molecule has 0 heterocycles. The second-order valence-corrected chi connectivity index (χ2v) is 9.66. The van der Waals surface area contributed by atoms with Crippen molar-refractivity contribution in [1.29, 1.82) is 0 Å². The number of rotatable bonds is 8. The zero-order chi connectivity index (χ0) is 21.6. The number of aryl methyl sites for hydroxylation is 1. The summed E-state index contributed by atoms with van der Waals surface area (Å²) in [6, 6.07) is 23.1. The number of benzene rings is 3. The Hall–Kier alpha value is -2.48. The molecule has 0 aromatic heterocycles. The molecule has 0 bridgehead atoms. The van der Waals surface area contributed by atoms with E-state index in [2.05, 4.69) is 28.2 Å². The summed E-state index contributed by atoms with van der Waals surface area (Å²) in [6.07, 6.45) is 0.907. The van der Waals surface area contributed by atoms with Gasteiger partial charge in [-0.05, 0) is 53.9 Å². The van der Waals surface area contributed by atoms with Gasteiger partial charge in [0, 0.05) is 16.7 Å². The molecule has 0 aliphatic rings. The molecule has 7 heteroatoms. The van der Waals surface area contributed by atoms with E-state index in [0.29, 0.717) is 5.69 Å². The summed E-state index contributed by atoms with van der Waals surface area (Å²) in [5, 5.41) is 2.79. The van der Waals surface area contributed by atoms with Crippen molar-refractivity contribution in [2.45, 2.75) is 24.8 Å². The van der Waals surface area contributed by atoms with Gasteiger partial charge in [-0.25, -0.2) is 8.42 Å². The van der Waals surface area contributed by atoms with Gasteiger partial charge in [-0.3, -0.25) is 4.79 Å². The van der Waals surface area contributed by atoms with Crippen LogP contribution in [0.15, 0.2) is 88.2 Å². The fourth-order valence-electron chi connectivity index (χ4n) is 2.95. The van der Waals surface area contributed by atoms with Crippen LogP contribution in [0.3, 0.4) is 0 Å². The van der Waals surface area contributed by atoms with E-state index in [0.717, 1.165) is 22.0 Å². The lowest BCUT2D eigenvalue weighted by molar-refractivity contribution is -0.116. The van der Waals surface area contributed by atoms with E-state index in [-0.39, 0.29) is 18.0 Å². The van der Waals surface area contributed by atoms with Crippen LogP contribution in [0.5, 0.6) is 0 Å². The standard InChI is InChI=1S/C23H23BrN2O3S/c1-2-18-8-12-21(13-9-18)25-23(27)17-26(16-19-6-4-3-5-7-19)30(28,29)22-14-10-20(24)11-15-22/h3-15H,2,16-17H2,1H3,(H,25,27). The van der Waals surface area contributed by atoms with Crippen molar-refractivity contribution in [1.82, 2.24) is 4.31 Å². The van der Waals surface area contributed by atoms with Crippen LogP contribution in [0.1, 0.15) is 18.1 Å². The molecule has 1 amide bonds. The average molecular weight is 487 g/mol. The van der Waals surface area contributed by atoms with E-state index in [1.165, 1.54) is 16.4 Å². The minimum Gasteiger partial charge on any atom is -0.325 e. The molecule has 0 saturated heterocycles. The number of amides is 1. The highest BCUT2D eigenvalue weighted by molar-refractivity contribution is 9.10. The molecule has 0 fully saturated rings. The van der Waals surface area contributed by atoms with Crippen LogP contribution in [0, 0.1) is 0 Å². The van der Waals surface area contributed by atoms with E-state index >= 15 is 0 Å². The van der Waals surface area contributed by atoms with Gasteiger partial charge in [-0.15, -0.1) is 0 Å². The number of anilines is 1. The average Bonchev–Trinajstić information content (AvgIpc) is 2.75. The van der Waals surface area contributed by atoms with Gasteiger partial charge in [-0.2, -0.15) is 4.31 Å². The van der Waals surface area contributed by atoms with E-state index in [1.54, 1.807) is 12.1 Å². The van der Waals surface area contributed by atoms with Crippen LogP contribution in [0.4, 0.5) is 5.69 Å². The van der Waals surface area contributed by atoms with Gasteiger partial charge in [0.05, 0.1) is 11.4 Å². The van der Waals surface area contributed by atoms with Crippen molar-refractivity contribution >= 4 is 37.5 Å². The molecular weight excluding hydrogens is 464 g/mol. The molecule has 0 spiro atoms. The summed E-state index contributed by atoms with van der Waals surface area (Å²) in [4.78, 5) is 12.8. The zero-order valence-electron chi connectivity index (χ0n) is 16.6. The zero-order valence-corrected chi connectivity index (χ0v) is 19.0. The lowest BCUT2D eigenvalue weighted by Gasteiger charge is -2.22. The summed E-state index contributed by atoms with van der Waals surface area (Å²) < 4.78 is 28.5. The summed E-state index contributed by atoms with van der Waals surface area (Å²) in [7, 11) is -3.86. The van der Waals surface area contributed by atoms with Crippen LogP contribution in [-0.2, 0) is 27.8 Å². The van der Waals surface area contributed by atoms with Crippen molar-refractivity contribution < 1.29 is 13.2 Å². The van der Waals surface area contributed by atoms with Crippen molar-refractivity contribution in [2.24, 2.45) is 0 Å². The van der Waals surface area contributed by atoms with Crippen LogP contribution in [0.25, 0.3) is 0 Å². The molecule has 0 radical (unpaired) electrons. The molecule has 30 heavy (non-hydrogen) atoms. The Bertz CT molecular complexity index is 1080. The molecule has 3 aromatic rings. The smallest absolute Gasteiger partial charge is 0.243 e. The number of hydrogen-bond donors (Lipinski definition) is 1. The summed E-state index contributed by atoms with van der Waals surface area (Å²) in [5.41, 5.74) is 2.60. The fourth-order valence-corrected chi connectivity index (χ4v) is 4.60. The fraction of sp³-hybridized carbons (Fsp3) is 0.174. The molecule has 0 unspecified atom stereocenters. The number of nitrogens with zero attached hydrogens (tertiary/aromatic N) is 1. The van der Waals surface area contributed by atoms with Gasteiger partial charge < -0.3 is 5.32 Å². The molecule has 156 valence electrons.